The van der Waals surface area contributed by atoms with Crippen molar-refractivity contribution in [2.75, 3.05) is 36.0 Å². The van der Waals surface area contributed by atoms with Crippen LogP contribution in [0, 0.1) is 5.92 Å². The highest BCUT2D eigenvalue weighted by molar-refractivity contribution is 5.73. The van der Waals surface area contributed by atoms with Gasteiger partial charge in [-0.25, -0.2) is 0 Å². The van der Waals surface area contributed by atoms with E-state index >= 15 is 0 Å². The zero-order valence-corrected chi connectivity index (χ0v) is 11.8. The second-order valence-corrected chi connectivity index (χ2v) is 5.86. The molecule has 0 aromatic heterocycles. The number of fused-ring (bicyclic) bond motifs is 1. The van der Waals surface area contributed by atoms with Crippen molar-refractivity contribution in [1.82, 2.24) is 0 Å². The van der Waals surface area contributed by atoms with Gasteiger partial charge in [0.2, 0.25) is 0 Å². The van der Waals surface area contributed by atoms with Crippen molar-refractivity contribution >= 4 is 17.3 Å². The number of anilines is 2. The van der Waals surface area contributed by atoms with E-state index in [4.69, 9.17) is 5.11 Å². The first-order valence-electron chi connectivity index (χ1n) is 7.55. The fraction of sp³-hybridized carbons (Fsp3) is 0.562. The normalized spacial score (nSPS) is 18.0. The summed E-state index contributed by atoms with van der Waals surface area (Å²) in [5.74, 6) is 0.187. The van der Waals surface area contributed by atoms with Crippen molar-refractivity contribution < 1.29 is 9.90 Å². The SMILES string of the molecule is O=C(O)CCCN1CCN(CC2CC2)c2ccccc21. The van der Waals surface area contributed by atoms with Crippen LogP contribution in [0.2, 0.25) is 0 Å². The Balaban J connectivity index is 1.69. The van der Waals surface area contributed by atoms with Gasteiger partial charge in [-0.3, -0.25) is 4.79 Å². The van der Waals surface area contributed by atoms with Crippen LogP contribution in [-0.4, -0.2) is 37.3 Å². The van der Waals surface area contributed by atoms with Gasteiger partial charge >= 0.3 is 5.97 Å². The molecule has 0 atom stereocenters. The summed E-state index contributed by atoms with van der Waals surface area (Å²) < 4.78 is 0. The Hall–Kier alpha value is -1.71. The van der Waals surface area contributed by atoms with Gasteiger partial charge < -0.3 is 14.9 Å². The lowest BCUT2D eigenvalue weighted by molar-refractivity contribution is -0.137. The van der Waals surface area contributed by atoms with E-state index in [1.54, 1.807) is 0 Å². The molecule has 0 bridgehead atoms. The van der Waals surface area contributed by atoms with Crippen molar-refractivity contribution in [2.45, 2.75) is 25.7 Å². The molecule has 0 spiro atoms. The molecule has 0 unspecified atom stereocenters. The molecule has 2 aliphatic rings. The smallest absolute Gasteiger partial charge is 0.303 e. The van der Waals surface area contributed by atoms with E-state index in [1.807, 2.05) is 0 Å². The Kier molecular flexibility index (Phi) is 3.81. The molecule has 4 heteroatoms. The Bertz CT molecular complexity index is 485. The van der Waals surface area contributed by atoms with Crippen LogP contribution in [0.25, 0.3) is 0 Å². The van der Waals surface area contributed by atoms with Crippen molar-refractivity contribution in [3.63, 3.8) is 0 Å². The molecule has 1 aromatic carbocycles. The maximum absolute atomic E-state index is 10.6. The Labute approximate surface area is 120 Å². The summed E-state index contributed by atoms with van der Waals surface area (Å²) in [6, 6.07) is 8.53. The van der Waals surface area contributed by atoms with E-state index in [2.05, 4.69) is 34.1 Å². The summed E-state index contributed by atoms with van der Waals surface area (Å²) in [7, 11) is 0. The quantitative estimate of drug-likeness (QED) is 0.866. The molecule has 0 amide bonds. The van der Waals surface area contributed by atoms with E-state index in [0.29, 0.717) is 6.42 Å². The number of benzene rings is 1. The number of carboxylic acids is 1. The number of hydrogen-bond acceptors (Lipinski definition) is 3. The number of nitrogens with zero attached hydrogens (tertiary/aromatic N) is 2. The Morgan fingerprint density at radius 3 is 2.45 bits per heavy atom. The highest BCUT2D eigenvalue weighted by Crippen LogP contribution is 2.37. The summed E-state index contributed by atoms with van der Waals surface area (Å²) in [5.41, 5.74) is 2.59. The fourth-order valence-corrected chi connectivity index (χ4v) is 2.94. The molecule has 3 rings (SSSR count). The minimum absolute atomic E-state index is 0.254. The van der Waals surface area contributed by atoms with Gasteiger partial charge in [-0.15, -0.1) is 0 Å². The molecule has 1 saturated carbocycles. The van der Waals surface area contributed by atoms with Crippen LogP contribution < -0.4 is 9.80 Å². The third-order valence-electron chi connectivity index (χ3n) is 4.20. The molecule has 108 valence electrons. The summed E-state index contributed by atoms with van der Waals surface area (Å²) in [6.45, 7) is 4.07. The third-order valence-corrected chi connectivity index (χ3v) is 4.20. The second kappa shape index (κ2) is 5.73. The maximum Gasteiger partial charge on any atom is 0.303 e. The largest absolute Gasteiger partial charge is 0.481 e. The number of para-hydroxylation sites is 2. The van der Waals surface area contributed by atoms with Gasteiger partial charge in [-0.1, -0.05) is 12.1 Å². The van der Waals surface area contributed by atoms with Gasteiger partial charge in [0.05, 0.1) is 11.4 Å². The maximum atomic E-state index is 10.6. The summed E-state index contributed by atoms with van der Waals surface area (Å²) >= 11 is 0. The van der Waals surface area contributed by atoms with Crippen molar-refractivity contribution in [3.8, 4) is 0 Å². The topological polar surface area (TPSA) is 43.8 Å². The lowest BCUT2D eigenvalue weighted by Gasteiger charge is -2.39. The van der Waals surface area contributed by atoms with E-state index < -0.39 is 5.97 Å². The Morgan fingerprint density at radius 2 is 1.80 bits per heavy atom. The molecule has 1 heterocycles. The first kappa shape index (κ1) is 13.3. The zero-order chi connectivity index (χ0) is 13.9. The van der Waals surface area contributed by atoms with Gasteiger partial charge in [0.1, 0.15) is 0 Å². The molecule has 1 N–H and O–H groups in total. The highest BCUT2D eigenvalue weighted by atomic mass is 16.4. The van der Waals surface area contributed by atoms with Gasteiger partial charge in [0.15, 0.2) is 0 Å². The van der Waals surface area contributed by atoms with Crippen LogP contribution in [0.15, 0.2) is 24.3 Å². The van der Waals surface area contributed by atoms with E-state index in [0.717, 1.165) is 25.6 Å². The van der Waals surface area contributed by atoms with Crippen LogP contribution in [0.1, 0.15) is 25.7 Å². The van der Waals surface area contributed by atoms with E-state index in [1.165, 1.54) is 30.8 Å². The molecule has 0 saturated heterocycles. The first-order valence-corrected chi connectivity index (χ1v) is 7.55. The standard InChI is InChI=1S/C16H22N2O2/c19-16(20)6-3-9-17-10-11-18(12-13-7-8-13)15-5-2-1-4-14(15)17/h1-2,4-5,13H,3,6-12H2,(H,19,20). The first-order chi connectivity index (χ1) is 9.74. The molecule has 1 aliphatic carbocycles. The highest BCUT2D eigenvalue weighted by Gasteiger charge is 2.28. The number of rotatable bonds is 6. The molecular weight excluding hydrogens is 252 g/mol. The lowest BCUT2D eigenvalue weighted by atomic mass is 10.1. The lowest BCUT2D eigenvalue weighted by Crippen LogP contribution is -2.42. The average Bonchev–Trinajstić information content (AvgIpc) is 3.25. The Morgan fingerprint density at radius 1 is 1.15 bits per heavy atom. The molecule has 20 heavy (non-hydrogen) atoms. The predicted molar refractivity (Wildman–Crippen MR) is 80.5 cm³/mol. The predicted octanol–water partition coefficient (Wildman–Crippen LogP) is 2.59. The molecule has 1 aliphatic heterocycles. The average molecular weight is 274 g/mol. The van der Waals surface area contributed by atoms with Crippen LogP contribution in [0.5, 0.6) is 0 Å². The van der Waals surface area contributed by atoms with Crippen molar-refractivity contribution in [2.24, 2.45) is 5.92 Å². The summed E-state index contributed by atoms with van der Waals surface area (Å²) in [5, 5.41) is 8.76. The number of hydrogen-bond donors (Lipinski definition) is 1. The van der Waals surface area contributed by atoms with E-state index in [-0.39, 0.29) is 6.42 Å². The van der Waals surface area contributed by atoms with Gasteiger partial charge in [-0.05, 0) is 37.3 Å². The van der Waals surface area contributed by atoms with Crippen LogP contribution in [-0.2, 0) is 4.79 Å². The van der Waals surface area contributed by atoms with Crippen LogP contribution in [0.4, 0.5) is 11.4 Å². The van der Waals surface area contributed by atoms with Crippen LogP contribution in [0.3, 0.4) is 0 Å². The van der Waals surface area contributed by atoms with E-state index in [9.17, 15) is 4.79 Å². The van der Waals surface area contributed by atoms with Gasteiger partial charge in [0.25, 0.3) is 0 Å². The molecule has 1 fully saturated rings. The second-order valence-electron chi connectivity index (χ2n) is 5.86. The molecule has 4 nitrogen and oxygen atoms in total. The van der Waals surface area contributed by atoms with Gasteiger partial charge in [-0.2, -0.15) is 0 Å². The fourth-order valence-electron chi connectivity index (χ4n) is 2.94. The number of aliphatic carboxylic acids is 1. The number of carbonyl (C=O) groups is 1. The molecule has 1 aromatic rings. The monoisotopic (exact) mass is 274 g/mol. The van der Waals surface area contributed by atoms with Crippen LogP contribution >= 0.6 is 0 Å². The summed E-state index contributed by atoms with van der Waals surface area (Å²) in [6.07, 6.45) is 3.72. The summed E-state index contributed by atoms with van der Waals surface area (Å²) in [4.78, 5) is 15.5. The zero-order valence-electron chi connectivity index (χ0n) is 11.8. The minimum Gasteiger partial charge on any atom is -0.481 e. The van der Waals surface area contributed by atoms with Gasteiger partial charge in [0, 0.05) is 32.6 Å². The third kappa shape index (κ3) is 3.06. The van der Waals surface area contributed by atoms with Crippen molar-refractivity contribution in [1.29, 1.82) is 0 Å². The number of carboxylic acid groups (broad SMARTS) is 1. The van der Waals surface area contributed by atoms with Crippen molar-refractivity contribution in [3.05, 3.63) is 24.3 Å². The molecule has 0 radical (unpaired) electrons. The minimum atomic E-state index is -0.703. The molecular formula is C16H22N2O2.